The van der Waals surface area contributed by atoms with Gasteiger partial charge < -0.3 is 17.6 Å². The van der Waals surface area contributed by atoms with Crippen molar-refractivity contribution in [3.8, 4) is 0 Å². The monoisotopic (exact) mass is 235 g/mol. The molecule has 0 bridgehead atoms. The fourth-order valence-corrected chi connectivity index (χ4v) is 2.68. The van der Waals surface area contributed by atoms with E-state index in [4.69, 9.17) is 5.11 Å². The van der Waals surface area contributed by atoms with E-state index in [-0.39, 0.29) is 58.8 Å². The zero-order valence-electron chi connectivity index (χ0n) is 8.24. The fraction of sp³-hybridized carbons (Fsp3) is 0.857. The topological polar surface area (TPSA) is 43.3 Å². The summed E-state index contributed by atoms with van der Waals surface area (Å²) in [5.74, 6) is 0.907. The number of aliphatic hydroxyl groups is 1. The van der Waals surface area contributed by atoms with E-state index in [2.05, 4.69) is 0 Å². The van der Waals surface area contributed by atoms with Crippen molar-refractivity contribution in [1.82, 2.24) is 0 Å². The molecular weight excluding hydrogens is 219 g/mol. The average molecular weight is 235 g/mol. The maximum absolute atomic E-state index is 10.6. The molecule has 12 heavy (non-hydrogen) atoms. The summed E-state index contributed by atoms with van der Waals surface area (Å²) in [7, 11) is 2.79. The first-order chi connectivity index (χ1) is 4.80. The molecule has 0 aliphatic carbocycles. The van der Waals surface area contributed by atoms with Gasteiger partial charge in [0.1, 0.15) is 0 Å². The molecule has 0 aromatic rings. The van der Waals surface area contributed by atoms with Crippen LogP contribution in [0.2, 0.25) is 0 Å². The van der Waals surface area contributed by atoms with Crippen LogP contribution in [0.1, 0.15) is 20.3 Å². The molecular formula is C7H16KO2S2-. The third-order valence-corrected chi connectivity index (χ3v) is 3.49. The minimum atomic E-state index is -0.811. The van der Waals surface area contributed by atoms with Crippen LogP contribution in [0, 0.1) is 7.43 Å². The van der Waals surface area contributed by atoms with E-state index < -0.39 is 11.5 Å². The van der Waals surface area contributed by atoms with Crippen LogP contribution in [-0.2, 0) is 0 Å². The van der Waals surface area contributed by atoms with Crippen LogP contribution in [0.3, 0.4) is 0 Å². The van der Waals surface area contributed by atoms with Crippen molar-refractivity contribution < 1.29 is 61.6 Å². The quantitative estimate of drug-likeness (QED) is 0.309. The predicted octanol–water partition coefficient (Wildman–Crippen LogP) is -1.70. The molecule has 1 aliphatic heterocycles. The molecule has 1 fully saturated rings. The van der Waals surface area contributed by atoms with Gasteiger partial charge in [-0.1, -0.05) is 24.6 Å². The van der Waals surface area contributed by atoms with Gasteiger partial charge in [0.2, 0.25) is 0 Å². The zero-order chi connectivity index (χ0) is 7.98. The second-order valence-electron chi connectivity index (χ2n) is 1.64. The van der Waals surface area contributed by atoms with Gasteiger partial charge in [-0.3, -0.25) is 0 Å². The molecule has 2 unspecified atom stereocenters. The van der Waals surface area contributed by atoms with Gasteiger partial charge >= 0.3 is 51.4 Å². The van der Waals surface area contributed by atoms with E-state index in [1.807, 2.05) is 13.8 Å². The van der Waals surface area contributed by atoms with Gasteiger partial charge in [0, 0.05) is 5.75 Å². The summed E-state index contributed by atoms with van der Waals surface area (Å²) in [5, 5.41) is 19.4. The average Bonchev–Trinajstić information content (AvgIpc) is 2.00. The summed E-state index contributed by atoms with van der Waals surface area (Å²) < 4.78 is 0. The normalized spacial score (nSPS) is 27.0. The third-order valence-electron chi connectivity index (χ3n) is 0.974. The van der Waals surface area contributed by atoms with Crippen LogP contribution >= 0.6 is 21.6 Å². The number of rotatable bonds is 0. The third kappa shape index (κ3) is 8.84. The first-order valence-corrected chi connectivity index (χ1v) is 5.81. The van der Waals surface area contributed by atoms with Gasteiger partial charge in [0.25, 0.3) is 0 Å². The fourth-order valence-electron chi connectivity index (χ4n) is 0.484. The maximum atomic E-state index is 10.6. The summed E-state index contributed by atoms with van der Waals surface area (Å²) in [6, 6.07) is 0. The van der Waals surface area contributed by atoms with Crippen LogP contribution in [0.25, 0.3) is 0 Å². The molecule has 1 N–H and O–H groups in total. The van der Waals surface area contributed by atoms with Gasteiger partial charge in [-0.05, 0) is 11.9 Å². The van der Waals surface area contributed by atoms with E-state index in [1.165, 1.54) is 10.8 Å². The van der Waals surface area contributed by atoms with Crippen LogP contribution in [-0.4, -0.2) is 22.4 Å². The van der Waals surface area contributed by atoms with Crippen molar-refractivity contribution in [1.29, 1.82) is 0 Å². The van der Waals surface area contributed by atoms with Crippen molar-refractivity contribution in [2.45, 2.75) is 31.8 Å². The van der Waals surface area contributed by atoms with E-state index >= 15 is 0 Å². The summed E-state index contributed by atoms with van der Waals surface area (Å²) >= 11 is 0. The Bertz CT molecular complexity index is 75.8. The van der Waals surface area contributed by atoms with Crippen LogP contribution in [0.4, 0.5) is 0 Å². The molecule has 1 saturated heterocycles. The molecule has 0 radical (unpaired) electrons. The van der Waals surface area contributed by atoms with Gasteiger partial charge in [-0.15, -0.1) is 10.8 Å². The van der Waals surface area contributed by atoms with Gasteiger partial charge in [-0.25, -0.2) is 0 Å². The molecule has 0 saturated carbocycles. The number of hydrogen-bond acceptors (Lipinski definition) is 4. The molecule has 1 rings (SSSR count). The Morgan fingerprint density at radius 2 is 1.92 bits per heavy atom. The molecule has 0 spiro atoms. The van der Waals surface area contributed by atoms with E-state index in [0.29, 0.717) is 6.42 Å². The Morgan fingerprint density at radius 1 is 1.42 bits per heavy atom. The van der Waals surface area contributed by atoms with Gasteiger partial charge in [0.15, 0.2) is 0 Å². The van der Waals surface area contributed by atoms with E-state index in [9.17, 15) is 5.11 Å². The van der Waals surface area contributed by atoms with Crippen molar-refractivity contribution in [2.75, 3.05) is 5.75 Å². The summed E-state index contributed by atoms with van der Waals surface area (Å²) in [5.41, 5.74) is -0.811. The molecule has 0 amide bonds. The standard InChI is InChI=1S/C4H7O2S2.C2H6.CH3.K/c5-3-1-2-7-8-4(3)6;1-2;;/h3-5H,1-2H2;1-2H3;1H3;/q-1;;-1;+1. The molecule has 1 aliphatic rings. The molecule has 0 aromatic carbocycles. The second kappa shape index (κ2) is 13.3. The molecule has 2 nitrogen and oxygen atoms in total. The first-order valence-electron chi connectivity index (χ1n) is 3.43. The first kappa shape index (κ1) is 19.8. The molecule has 5 heteroatoms. The van der Waals surface area contributed by atoms with Crippen LogP contribution < -0.4 is 56.5 Å². The zero-order valence-corrected chi connectivity index (χ0v) is 13.0. The summed E-state index contributed by atoms with van der Waals surface area (Å²) in [4.78, 5) is 0. The SMILES string of the molecule is CC.[CH3-].[K+].[O-]C1SSCCC1O. The van der Waals surface area contributed by atoms with Gasteiger partial charge in [-0.2, -0.15) is 0 Å². The smallest absolute Gasteiger partial charge is 0.842 e. The largest absolute Gasteiger partial charge is 1.00 e. The Labute approximate surface area is 126 Å². The Morgan fingerprint density at radius 3 is 2.17 bits per heavy atom. The summed E-state index contributed by atoms with van der Waals surface area (Å²) in [6.07, 6.45) is 0.0486. The summed E-state index contributed by atoms with van der Waals surface area (Å²) in [6.45, 7) is 4.00. The Hall–Kier alpha value is 2.26. The molecule has 0 aromatic heterocycles. The molecule has 70 valence electrons. The Kier molecular flexibility index (Phi) is 21.8. The maximum Gasteiger partial charge on any atom is 1.00 e. The van der Waals surface area contributed by atoms with Crippen molar-refractivity contribution in [3.63, 3.8) is 0 Å². The van der Waals surface area contributed by atoms with E-state index in [1.54, 1.807) is 10.8 Å². The minimum absolute atomic E-state index is 0. The van der Waals surface area contributed by atoms with E-state index in [0.717, 1.165) is 5.75 Å². The number of aliphatic hydroxyl groups excluding tert-OH is 1. The van der Waals surface area contributed by atoms with Crippen molar-refractivity contribution in [3.05, 3.63) is 7.43 Å². The molecule has 2 atom stereocenters. The van der Waals surface area contributed by atoms with Gasteiger partial charge in [0.05, 0.1) is 6.10 Å². The van der Waals surface area contributed by atoms with Crippen LogP contribution in [0.5, 0.6) is 0 Å². The second-order valence-corrected chi connectivity index (χ2v) is 4.23. The minimum Gasteiger partial charge on any atom is -0.842 e. The Balaban J connectivity index is -0.000000189. The number of hydrogen-bond donors (Lipinski definition) is 1. The molecule has 1 heterocycles. The van der Waals surface area contributed by atoms with Crippen molar-refractivity contribution >= 4 is 21.6 Å². The van der Waals surface area contributed by atoms with Crippen molar-refractivity contribution in [2.24, 2.45) is 0 Å². The van der Waals surface area contributed by atoms with Crippen LogP contribution in [0.15, 0.2) is 0 Å². The predicted molar refractivity (Wildman–Crippen MR) is 52.2 cm³/mol.